The molecule has 0 unspecified atom stereocenters. The SMILES string of the molecule is CCN1CCCN(C(=O)c2n[nH]c(C3CC3)c2Cl)CC1=O. The van der Waals surface area contributed by atoms with Gasteiger partial charge in [-0.05, 0) is 26.2 Å². The van der Waals surface area contributed by atoms with E-state index in [1.807, 2.05) is 6.92 Å². The molecule has 21 heavy (non-hydrogen) atoms. The first kappa shape index (κ1) is 14.4. The molecule has 0 atom stereocenters. The number of aromatic nitrogens is 2. The van der Waals surface area contributed by atoms with Crippen molar-refractivity contribution in [2.45, 2.75) is 32.1 Å². The number of nitrogens with zero attached hydrogens (tertiary/aromatic N) is 3. The Labute approximate surface area is 128 Å². The van der Waals surface area contributed by atoms with E-state index in [0.29, 0.717) is 30.6 Å². The van der Waals surface area contributed by atoms with Crippen molar-refractivity contribution in [3.05, 3.63) is 16.4 Å². The molecule has 1 N–H and O–H groups in total. The summed E-state index contributed by atoms with van der Waals surface area (Å²) in [6.45, 7) is 3.98. The minimum atomic E-state index is -0.255. The minimum absolute atomic E-state index is 0.0163. The summed E-state index contributed by atoms with van der Waals surface area (Å²) in [5.74, 6) is 0.139. The van der Waals surface area contributed by atoms with Crippen LogP contribution in [0.4, 0.5) is 0 Å². The molecule has 1 saturated heterocycles. The number of rotatable bonds is 3. The standard InChI is InChI=1S/C14H19ClN4O2/c1-2-18-6-3-7-19(8-10(18)20)14(21)13-11(15)12(16-17-13)9-4-5-9/h9H,2-8H2,1H3,(H,16,17). The van der Waals surface area contributed by atoms with E-state index in [1.165, 1.54) is 0 Å². The Hall–Kier alpha value is -1.56. The van der Waals surface area contributed by atoms with E-state index >= 15 is 0 Å². The molecule has 0 radical (unpaired) electrons. The Balaban J connectivity index is 1.76. The number of hydrogen-bond donors (Lipinski definition) is 1. The fourth-order valence-electron chi connectivity index (χ4n) is 2.70. The van der Waals surface area contributed by atoms with Gasteiger partial charge < -0.3 is 9.80 Å². The molecule has 1 aliphatic heterocycles. The lowest BCUT2D eigenvalue weighted by atomic mass is 10.2. The largest absolute Gasteiger partial charge is 0.341 e. The van der Waals surface area contributed by atoms with Gasteiger partial charge in [0.15, 0.2) is 5.69 Å². The number of carbonyl (C=O) groups excluding carboxylic acids is 2. The molecule has 7 heteroatoms. The van der Waals surface area contributed by atoms with Gasteiger partial charge in [-0.15, -0.1) is 0 Å². The normalized spacial score (nSPS) is 19.8. The van der Waals surface area contributed by atoms with Crippen molar-refractivity contribution in [1.29, 1.82) is 0 Å². The van der Waals surface area contributed by atoms with Gasteiger partial charge in [-0.2, -0.15) is 5.10 Å². The maximum Gasteiger partial charge on any atom is 0.276 e. The van der Waals surface area contributed by atoms with Crippen LogP contribution in [0, 0.1) is 0 Å². The highest BCUT2D eigenvalue weighted by atomic mass is 35.5. The predicted octanol–water partition coefficient (Wildman–Crippen LogP) is 1.63. The van der Waals surface area contributed by atoms with E-state index in [2.05, 4.69) is 10.2 Å². The van der Waals surface area contributed by atoms with Crippen LogP contribution < -0.4 is 0 Å². The van der Waals surface area contributed by atoms with Gasteiger partial charge in [-0.3, -0.25) is 14.7 Å². The second-order valence-corrected chi connectivity index (χ2v) is 6.01. The quantitative estimate of drug-likeness (QED) is 0.922. The first-order valence-corrected chi connectivity index (χ1v) is 7.80. The van der Waals surface area contributed by atoms with E-state index in [9.17, 15) is 9.59 Å². The molecule has 6 nitrogen and oxygen atoms in total. The maximum absolute atomic E-state index is 12.6. The van der Waals surface area contributed by atoms with Crippen molar-refractivity contribution in [3.63, 3.8) is 0 Å². The second kappa shape index (κ2) is 5.67. The zero-order valence-electron chi connectivity index (χ0n) is 12.1. The monoisotopic (exact) mass is 310 g/mol. The third kappa shape index (κ3) is 2.77. The summed E-state index contributed by atoms with van der Waals surface area (Å²) in [6.07, 6.45) is 2.95. The van der Waals surface area contributed by atoms with Gasteiger partial charge in [0.1, 0.15) is 6.54 Å². The zero-order chi connectivity index (χ0) is 15.0. The van der Waals surface area contributed by atoms with Gasteiger partial charge in [0.05, 0.1) is 10.7 Å². The molecule has 114 valence electrons. The van der Waals surface area contributed by atoms with Crippen LogP contribution in [0.25, 0.3) is 0 Å². The van der Waals surface area contributed by atoms with Gasteiger partial charge in [0.25, 0.3) is 5.91 Å². The molecular formula is C14H19ClN4O2. The lowest BCUT2D eigenvalue weighted by Crippen LogP contribution is -2.39. The molecule has 1 saturated carbocycles. The number of amides is 2. The summed E-state index contributed by atoms with van der Waals surface area (Å²) in [4.78, 5) is 28.0. The molecule has 1 aromatic rings. The van der Waals surface area contributed by atoms with Gasteiger partial charge >= 0.3 is 0 Å². The number of nitrogens with one attached hydrogen (secondary N) is 1. The Morgan fingerprint density at radius 3 is 2.86 bits per heavy atom. The van der Waals surface area contributed by atoms with Gasteiger partial charge in [0.2, 0.25) is 5.91 Å². The molecule has 2 aliphatic rings. The number of carbonyl (C=O) groups is 2. The first-order chi connectivity index (χ1) is 10.1. The van der Waals surface area contributed by atoms with Crippen molar-refractivity contribution in [2.24, 2.45) is 0 Å². The topological polar surface area (TPSA) is 69.3 Å². The predicted molar refractivity (Wildman–Crippen MR) is 78.3 cm³/mol. The van der Waals surface area contributed by atoms with Crippen LogP contribution in [0.5, 0.6) is 0 Å². The van der Waals surface area contributed by atoms with Gasteiger partial charge in [-0.1, -0.05) is 11.6 Å². The van der Waals surface area contributed by atoms with Crippen LogP contribution in [-0.4, -0.2) is 58.0 Å². The minimum Gasteiger partial charge on any atom is -0.341 e. The highest BCUT2D eigenvalue weighted by Gasteiger charge is 2.33. The average Bonchev–Trinajstić information content (AvgIpc) is 3.26. The number of likely N-dealkylation sites (N-methyl/N-ethyl adjacent to an activating group) is 1. The van der Waals surface area contributed by atoms with Crippen molar-refractivity contribution in [1.82, 2.24) is 20.0 Å². The van der Waals surface area contributed by atoms with Crippen molar-refractivity contribution < 1.29 is 9.59 Å². The number of aromatic amines is 1. The fourth-order valence-corrected chi connectivity index (χ4v) is 3.02. The molecule has 2 amide bonds. The molecule has 1 aliphatic carbocycles. The summed E-state index contributed by atoms with van der Waals surface area (Å²) < 4.78 is 0. The lowest BCUT2D eigenvalue weighted by molar-refractivity contribution is -0.130. The summed E-state index contributed by atoms with van der Waals surface area (Å²) in [5, 5.41) is 7.37. The third-order valence-corrected chi connectivity index (χ3v) is 4.51. The lowest BCUT2D eigenvalue weighted by Gasteiger charge is -2.20. The van der Waals surface area contributed by atoms with E-state index in [1.54, 1.807) is 9.80 Å². The fraction of sp³-hybridized carbons (Fsp3) is 0.643. The van der Waals surface area contributed by atoms with Gasteiger partial charge in [0, 0.05) is 25.6 Å². The van der Waals surface area contributed by atoms with Gasteiger partial charge in [-0.25, -0.2) is 0 Å². The van der Waals surface area contributed by atoms with Crippen LogP contribution in [0.3, 0.4) is 0 Å². The van der Waals surface area contributed by atoms with Crippen molar-refractivity contribution in [3.8, 4) is 0 Å². The molecule has 0 aromatic carbocycles. The van der Waals surface area contributed by atoms with Crippen LogP contribution in [0.1, 0.15) is 48.3 Å². The van der Waals surface area contributed by atoms with Crippen LogP contribution >= 0.6 is 11.6 Å². The first-order valence-electron chi connectivity index (χ1n) is 7.42. The molecule has 0 spiro atoms. The van der Waals surface area contributed by atoms with Crippen LogP contribution in [-0.2, 0) is 4.79 Å². The van der Waals surface area contributed by atoms with E-state index < -0.39 is 0 Å². The van der Waals surface area contributed by atoms with E-state index in [0.717, 1.165) is 25.0 Å². The van der Waals surface area contributed by atoms with Crippen LogP contribution in [0.15, 0.2) is 0 Å². The molecule has 0 bridgehead atoms. The second-order valence-electron chi connectivity index (χ2n) is 5.63. The highest BCUT2D eigenvalue weighted by Crippen LogP contribution is 2.42. The Morgan fingerprint density at radius 2 is 2.19 bits per heavy atom. The van der Waals surface area contributed by atoms with E-state index in [4.69, 9.17) is 11.6 Å². The Bertz CT molecular complexity index is 567. The number of H-pyrrole nitrogens is 1. The van der Waals surface area contributed by atoms with E-state index in [-0.39, 0.29) is 24.1 Å². The number of hydrogen-bond acceptors (Lipinski definition) is 3. The molecule has 3 rings (SSSR count). The Morgan fingerprint density at radius 1 is 1.43 bits per heavy atom. The molecular weight excluding hydrogens is 292 g/mol. The molecule has 1 aromatic heterocycles. The molecule has 2 fully saturated rings. The smallest absolute Gasteiger partial charge is 0.276 e. The summed E-state index contributed by atoms with van der Waals surface area (Å²) >= 11 is 6.27. The zero-order valence-corrected chi connectivity index (χ0v) is 12.8. The molecule has 2 heterocycles. The number of halogens is 1. The summed E-state index contributed by atoms with van der Waals surface area (Å²) in [6, 6.07) is 0. The summed E-state index contributed by atoms with van der Waals surface area (Å²) in [7, 11) is 0. The highest BCUT2D eigenvalue weighted by molar-refractivity contribution is 6.34. The third-order valence-electron chi connectivity index (χ3n) is 4.12. The maximum atomic E-state index is 12.6. The Kier molecular flexibility index (Phi) is 3.89. The summed E-state index contributed by atoms with van der Waals surface area (Å²) in [5.41, 5.74) is 1.10. The van der Waals surface area contributed by atoms with Crippen molar-refractivity contribution >= 4 is 23.4 Å². The van der Waals surface area contributed by atoms with Crippen molar-refractivity contribution in [2.75, 3.05) is 26.2 Å². The average molecular weight is 311 g/mol. The van der Waals surface area contributed by atoms with Crippen LogP contribution in [0.2, 0.25) is 5.02 Å².